The maximum atomic E-state index is 3.47. The topological polar surface area (TPSA) is 12.0 Å². The standard InChI is InChI=1S/C19H23N/c1-3-4-9-19(20-2)16-11-10-15-12-14-7-5-6-8-17(14)18(15)13-16/h5-8,10-11,13,19-20H,3-4,9,12H2,1-2H3. The Morgan fingerprint density at radius 2 is 1.85 bits per heavy atom. The molecule has 0 aromatic heterocycles. The Kier molecular flexibility index (Phi) is 3.88. The summed E-state index contributed by atoms with van der Waals surface area (Å²) in [5.41, 5.74) is 7.23. The van der Waals surface area contributed by atoms with Crippen LogP contribution in [-0.2, 0) is 6.42 Å². The van der Waals surface area contributed by atoms with E-state index in [1.54, 1.807) is 0 Å². The molecule has 0 spiro atoms. The quantitative estimate of drug-likeness (QED) is 0.704. The van der Waals surface area contributed by atoms with E-state index >= 15 is 0 Å². The minimum atomic E-state index is 0.480. The molecular weight excluding hydrogens is 242 g/mol. The molecule has 1 aliphatic carbocycles. The highest BCUT2D eigenvalue weighted by atomic mass is 14.9. The van der Waals surface area contributed by atoms with Crippen LogP contribution in [0.15, 0.2) is 42.5 Å². The van der Waals surface area contributed by atoms with E-state index in [1.165, 1.54) is 47.1 Å². The van der Waals surface area contributed by atoms with Crippen LogP contribution in [-0.4, -0.2) is 7.05 Å². The van der Waals surface area contributed by atoms with Gasteiger partial charge in [0.2, 0.25) is 0 Å². The van der Waals surface area contributed by atoms with E-state index < -0.39 is 0 Å². The molecule has 0 aliphatic heterocycles. The fraction of sp³-hybridized carbons (Fsp3) is 0.368. The maximum absolute atomic E-state index is 3.47. The number of unbranched alkanes of at least 4 members (excludes halogenated alkanes) is 1. The summed E-state index contributed by atoms with van der Waals surface area (Å²) in [6.07, 6.45) is 4.84. The second-order valence-corrected chi connectivity index (χ2v) is 5.73. The summed E-state index contributed by atoms with van der Waals surface area (Å²) in [4.78, 5) is 0. The highest BCUT2D eigenvalue weighted by Gasteiger charge is 2.19. The lowest BCUT2D eigenvalue weighted by atomic mass is 9.96. The third-order valence-corrected chi connectivity index (χ3v) is 4.42. The number of hydrogen-bond donors (Lipinski definition) is 1. The molecule has 0 radical (unpaired) electrons. The van der Waals surface area contributed by atoms with Crippen molar-refractivity contribution in [3.63, 3.8) is 0 Å². The Hall–Kier alpha value is -1.60. The summed E-state index contributed by atoms with van der Waals surface area (Å²) in [6, 6.07) is 16.3. The lowest BCUT2D eigenvalue weighted by Gasteiger charge is -2.17. The first-order chi connectivity index (χ1) is 9.83. The van der Waals surface area contributed by atoms with Crippen LogP contribution in [0.2, 0.25) is 0 Å². The molecule has 0 saturated heterocycles. The predicted molar refractivity (Wildman–Crippen MR) is 86.0 cm³/mol. The van der Waals surface area contributed by atoms with Gasteiger partial charge in [0, 0.05) is 6.04 Å². The van der Waals surface area contributed by atoms with Crippen LogP contribution < -0.4 is 5.32 Å². The first-order valence-corrected chi connectivity index (χ1v) is 7.72. The molecule has 1 aliphatic rings. The molecule has 0 amide bonds. The van der Waals surface area contributed by atoms with E-state index in [0.29, 0.717) is 6.04 Å². The molecule has 20 heavy (non-hydrogen) atoms. The summed E-state index contributed by atoms with van der Waals surface area (Å²) >= 11 is 0. The van der Waals surface area contributed by atoms with Gasteiger partial charge in [-0.2, -0.15) is 0 Å². The van der Waals surface area contributed by atoms with Gasteiger partial charge < -0.3 is 5.32 Å². The first kappa shape index (κ1) is 13.4. The van der Waals surface area contributed by atoms with Crippen molar-refractivity contribution in [1.82, 2.24) is 5.32 Å². The molecule has 2 aromatic rings. The average molecular weight is 265 g/mol. The number of nitrogens with one attached hydrogen (secondary N) is 1. The van der Waals surface area contributed by atoms with Crippen molar-refractivity contribution < 1.29 is 0 Å². The van der Waals surface area contributed by atoms with Gasteiger partial charge in [0.05, 0.1) is 0 Å². The zero-order valence-corrected chi connectivity index (χ0v) is 12.4. The van der Waals surface area contributed by atoms with Crippen molar-refractivity contribution >= 4 is 0 Å². The first-order valence-electron chi connectivity index (χ1n) is 7.72. The van der Waals surface area contributed by atoms with Gasteiger partial charge in [-0.3, -0.25) is 0 Å². The van der Waals surface area contributed by atoms with Gasteiger partial charge in [-0.25, -0.2) is 0 Å². The van der Waals surface area contributed by atoms with Crippen LogP contribution in [0.4, 0.5) is 0 Å². The zero-order chi connectivity index (χ0) is 13.9. The van der Waals surface area contributed by atoms with Crippen LogP contribution in [0.3, 0.4) is 0 Å². The molecular formula is C19H23N. The van der Waals surface area contributed by atoms with Crippen molar-refractivity contribution in [1.29, 1.82) is 0 Å². The molecule has 1 nitrogen and oxygen atoms in total. The molecule has 0 saturated carbocycles. The van der Waals surface area contributed by atoms with Crippen molar-refractivity contribution in [2.45, 2.75) is 38.6 Å². The molecule has 2 aromatic carbocycles. The number of fused-ring (bicyclic) bond motifs is 3. The van der Waals surface area contributed by atoms with E-state index in [1.807, 2.05) is 0 Å². The Bertz CT molecular complexity index is 600. The lowest BCUT2D eigenvalue weighted by Crippen LogP contribution is -2.16. The number of rotatable bonds is 5. The van der Waals surface area contributed by atoms with E-state index in [9.17, 15) is 0 Å². The smallest absolute Gasteiger partial charge is 0.0317 e. The van der Waals surface area contributed by atoms with Gasteiger partial charge in [-0.05, 0) is 53.8 Å². The van der Waals surface area contributed by atoms with E-state index in [0.717, 1.165) is 6.42 Å². The van der Waals surface area contributed by atoms with Crippen LogP contribution >= 0.6 is 0 Å². The molecule has 104 valence electrons. The largest absolute Gasteiger partial charge is 0.313 e. The summed E-state index contributed by atoms with van der Waals surface area (Å²) in [6.45, 7) is 2.26. The summed E-state index contributed by atoms with van der Waals surface area (Å²) in [5, 5.41) is 3.47. The van der Waals surface area contributed by atoms with Crippen molar-refractivity contribution in [2.75, 3.05) is 7.05 Å². The number of hydrogen-bond acceptors (Lipinski definition) is 1. The zero-order valence-electron chi connectivity index (χ0n) is 12.4. The van der Waals surface area contributed by atoms with Crippen molar-refractivity contribution in [2.24, 2.45) is 0 Å². The fourth-order valence-electron chi connectivity index (χ4n) is 3.24. The molecule has 1 atom stereocenters. The molecule has 3 rings (SSSR count). The van der Waals surface area contributed by atoms with Gasteiger partial charge in [0.25, 0.3) is 0 Å². The molecule has 0 fully saturated rings. The van der Waals surface area contributed by atoms with Gasteiger partial charge in [-0.1, -0.05) is 56.2 Å². The lowest BCUT2D eigenvalue weighted by molar-refractivity contribution is 0.523. The molecule has 1 heteroatoms. The monoisotopic (exact) mass is 265 g/mol. The normalized spacial score (nSPS) is 13.9. The summed E-state index contributed by atoms with van der Waals surface area (Å²) in [7, 11) is 2.07. The van der Waals surface area contributed by atoms with Crippen LogP contribution in [0.5, 0.6) is 0 Å². The van der Waals surface area contributed by atoms with Crippen molar-refractivity contribution in [3.05, 3.63) is 59.2 Å². The second kappa shape index (κ2) is 5.80. The summed E-state index contributed by atoms with van der Waals surface area (Å²) < 4.78 is 0. The van der Waals surface area contributed by atoms with Crippen molar-refractivity contribution in [3.8, 4) is 11.1 Å². The molecule has 0 bridgehead atoms. The van der Waals surface area contributed by atoms with Gasteiger partial charge in [0.1, 0.15) is 0 Å². The average Bonchev–Trinajstić information content (AvgIpc) is 2.86. The molecule has 1 N–H and O–H groups in total. The van der Waals surface area contributed by atoms with E-state index in [4.69, 9.17) is 0 Å². The van der Waals surface area contributed by atoms with E-state index in [2.05, 4.69) is 61.8 Å². The third kappa shape index (κ3) is 2.38. The van der Waals surface area contributed by atoms with Gasteiger partial charge in [0.15, 0.2) is 0 Å². The Labute approximate surface area is 122 Å². The fourth-order valence-corrected chi connectivity index (χ4v) is 3.24. The molecule has 0 heterocycles. The third-order valence-electron chi connectivity index (χ3n) is 4.42. The Morgan fingerprint density at radius 3 is 2.65 bits per heavy atom. The highest BCUT2D eigenvalue weighted by Crippen LogP contribution is 2.38. The highest BCUT2D eigenvalue weighted by molar-refractivity contribution is 5.77. The Balaban J connectivity index is 1.94. The summed E-state index contributed by atoms with van der Waals surface area (Å²) in [5.74, 6) is 0. The van der Waals surface area contributed by atoms with Crippen LogP contribution in [0.25, 0.3) is 11.1 Å². The van der Waals surface area contributed by atoms with E-state index in [-0.39, 0.29) is 0 Å². The van der Waals surface area contributed by atoms with Gasteiger partial charge >= 0.3 is 0 Å². The molecule has 1 unspecified atom stereocenters. The Morgan fingerprint density at radius 1 is 1.05 bits per heavy atom. The maximum Gasteiger partial charge on any atom is 0.0317 e. The minimum Gasteiger partial charge on any atom is -0.313 e. The second-order valence-electron chi connectivity index (χ2n) is 5.73. The number of benzene rings is 2. The predicted octanol–water partition coefficient (Wildman–Crippen LogP) is 4.71. The van der Waals surface area contributed by atoms with Crippen LogP contribution in [0, 0.1) is 0 Å². The van der Waals surface area contributed by atoms with Gasteiger partial charge in [-0.15, -0.1) is 0 Å². The SMILES string of the molecule is CCCCC(NC)c1ccc2c(c1)-c1ccccc1C2. The minimum absolute atomic E-state index is 0.480. The van der Waals surface area contributed by atoms with Crippen LogP contribution in [0.1, 0.15) is 48.9 Å².